The van der Waals surface area contributed by atoms with Gasteiger partial charge in [0.25, 0.3) is 0 Å². The normalized spacial score (nSPS) is 10.6. The maximum atomic E-state index is 15.3. The van der Waals surface area contributed by atoms with Gasteiger partial charge in [0, 0.05) is 16.1 Å². The standard InChI is InChI=1S/C25H16Cl2FN3O2/c1-3-15-4-6-20(14(2)8-15)25-31-30-22(33-25)11-17-5-7-21(27)24(23(17)28)32-19-10-16(13-29)9-18(26)12-19/h3-10,12H,1,11H2,2H3. The monoisotopic (exact) mass is 479 g/mol. The van der Waals surface area contributed by atoms with Crippen LogP contribution in [0, 0.1) is 24.1 Å². The first kappa shape index (κ1) is 22.5. The first-order valence-electron chi connectivity index (χ1n) is 9.79. The molecule has 5 nitrogen and oxygen atoms in total. The Morgan fingerprint density at radius 2 is 1.97 bits per heavy atom. The summed E-state index contributed by atoms with van der Waals surface area (Å²) in [5.41, 5.74) is 3.25. The summed E-state index contributed by atoms with van der Waals surface area (Å²) in [6.45, 7) is 5.69. The van der Waals surface area contributed by atoms with Crippen LogP contribution in [0.25, 0.3) is 17.5 Å². The molecule has 4 aromatic rings. The van der Waals surface area contributed by atoms with Crippen LogP contribution in [-0.2, 0) is 6.42 Å². The van der Waals surface area contributed by atoms with Crippen LogP contribution in [0.15, 0.2) is 59.5 Å². The molecule has 0 bridgehead atoms. The lowest BCUT2D eigenvalue weighted by molar-refractivity contribution is 0.437. The van der Waals surface area contributed by atoms with Gasteiger partial charge in [-0.05, 0) is 48.4 Å². The van der Waals surface area contributed by atoms with Gasteiger partial charge >= 0.3 is 0 Å². The highest BCUT2D eigenvalue weighted by molar-refractivity contribution is 6.32. The van der Waals surface area contributed by atoms with E-state index < -0.39 is 5.82 Å². The van der Waals surface area contributed by atoms with Crippen molar-refractivity contribution in [3.05, 3.63) is 99.1 Å². The quantitative estimate of drug-likeness (QED) is 0.288. The van der Waals surface area contributed by atoms with Crippen molar-refractivity contribution in [3.8, 4) is 29.0 Å². The molecule has 0 saturated carbocycles. The van der Waals surface area contributed by atoms with E-state index in [1.807, 2.05) is 31.2 Å². The Bertz CT molecular complexity index is 1410. The van der Waals surface area contributed by atoms with Crippen LogP contribution >= 0.6 is 23.2 Å². The minimum absolute atomic E-state index is 0.0368. The molecule has 0 fully saturated rings. The number of nitrogens with zero attached hydrogens (tertiary/aromatic N) is 3. The molecule has 8 heteroatoms. The lowest BCUT2D eigenvalue weighted by atomic mass is 10.1. The van der Waals surface area contributed by atoms with Gasteiger partial charge in [-0.2, -0.15) is 5.26 Å². The van der Waals surface area contributed by atoms with Crippen molar-refractivity contribution in [2.75, 3.05) is 0 Å². The first-order valence-corrected chi connectivity index (χ1v) is 10.5. The topological polar surface area (TPSA) is 71.9 Å². The van der Waals surface area contributed by atoms with Crippen LogP contribution in [0.2, 0.25) is 10.0 Å². The third-order valence-electron chi connectivity index (χ3n) is 4.87. The first-order chi connectivity index (χ1) is 15.9. The second kappa shape index (κ2) is 9.45. The summed E-state index contributed by atoms with van der Waals surface area (Å²) in [5.74, 6) is -0.0931. The summed E-state index contributed by atoms with van der Waals surface area (Å²) in [6.07, 6.45) is 1.79. The second-order valence-electron chi connectivity index (χ2n) is 7.20. The molecule has 1 heterocycles. The van der Waals surface area contributed by atoms with Crippen molar-refractivity contribution >= 4 is 29.3 Å². The maximum absolute atomic E-state index is 15.3. The van der Waals surface area contributed by atoms with Crippen LogP contribution in [0.3, 0.4) is 0 Å². The molecular formula is C25H16Cl2FN3O2. The van der Waals surface area contributed by atoms with Crippen LogP contribution in [-0.4, -0.2) is 10.2 Å². The molecule has 0 N–H and O–H groups in total. The lowest BCUT2D eigenvalue weighted by Crippen LogP contribution is -1.98. The summed E-state index contributed by atoms with van der Waals surface area (Å²) in [4.78, 5) is 0. The zero-order valence-corrected chi connectivity index (χ0v) is 18.9. The molecule has 3 aromatic carbocycles. The van der Waals surface area contributed by atoms with E-state index in [4.69, 9.17) is 37.6 Å². The van der Waals surface area contributed by atoms with Gasteiger partial charge in [0.2, 0.25) is 11.8 Å². The SMILES string of the molecule is C=Cc1ccc(-c2nnc(Cc3ccc(Cl)c(Oc4cc(Cl)cc(C#N)c4)c3F)o2)c(C)c1. The van der Waals surface area contributed by atoms with Gasteiger partial charge in [-0.1, -0.05) is 54.1 Å². The molecule has 0 atom stereocenters. The van der Waals surface area contributed by atoms with Crippen molar-refractivity contribution in [3.63, 3.8) is 0 Å². The van der Waals surface area contributed by atoms with E-state index in [1.165, 1.54) is 30.3 Å². The number of aromatic nitrogens is 2. The molecular weight excluding hydrogens is 464 g/mol. The number of hydrogen-bond acceptors (Lipinski definition) is 5. The summed E-state index contributed by atoms with van der Waals surface area (Å²) in [5, 5.41) is 17.6. The third kappa shape index (κ3) is 4.90. The number of rotatable bonds is 6. The van der Waals surface area contributed by atoms with Gasteiger partial charge in [0.15, 0.2) is 11.6 Å². The van der Waals surface area contributed by atoms with E-state index >= 15 is 4.39 Å². The van der Waals surface area contributed by atoms with E-state index in [2.05, 4.69) is 16.8 Å². The Labute approximate surface area is 199 Å². The average Bonchev–Trinajstić information content (AvgIpc) is 3.26. The number of hydrogen-bond donors (Lipinski definition) is 0. The summed E-state index contributed by atoms with van der Waals surface area (Å²) in [7, 11) is 0. The molecule has 0 unspecified atom stereocenters. The fraction of sp³-hybridized carbons (Fsp3) is 0.0800. The molecule has 0 aliphatic heterocycles. The molecule has 4 rings (SSSR count). The Balaban J connectivity index is 1.61. The molecule has 0 saturated heterocycles. The van der Waals surface area contributed by atoms with Crippen LogP contribution in [0.4, 0.5) is 4.39 Å². The molecule has 0 spiro atoms. The smallest absolute Gasteiger partial charge is 0.248 e. The Kier molecular flexibility index (Phi) is 6.45. The minimum Gasteiger partial charge on any atom is -0.453 e. The van der Waals surface area contributed by atoms with Crippen LogP contribution in [0.5, 0.6) is 11.5 Å². The van der Waals surface area contributed by atoms with E-state index in [-0.39, 0.29) is 45.0 Å². The van der Waals surface area contributed by atoms with Gasteiger partial charge < -0.3 is 9.15 Å². The number of halogens is 3. The number of ether oxygens (including phenoxy) is 1. The highest BCUT2D eigenvalue weighted by atomic mass is 35.5. The van der Waals surface area contributed by atoms with Gasteiger partial charge in [-0.3, -0.25) is 0 Å². The lowest BCUT2D eigenvalue weighted by Gasteiger charge is -2.12. The molecule has 0 radical (unpaired) electrons. The highest BCUT2D eigenvalue weighted by Crippen LogP contribution is 2.36. The fourth-order valence-corrected chi connectivity index (χ4v) is 3.67. The summed E-state index contributed by atoms with van der Waals surface area (Å²) < 4.78 is 26.7. The summed E-state index contributed by atoms with van der Waals surface area (Å²) >= 11 is 12.2. The molecule has 0 aliphatic rings. The molecule has 0 aliphatic carbocycles. The van der Waals surface area contributed by atoms with Gasteiger partial charge in [0.05, 0.1) is 23.1 Å². The molecule has 164 valence electrons. The maximum Gasteiger partial charge on any atom is 0.248 e. The molecule has 33 heavy (non-hydrogen) atoms. The van der Waals surface area contributed by atoms with Crippen LogP contribution in [0.1, 0.15) is 28.1 Å². The number of nitriles is 1. The molecule has 1 aromatic heterocycles. The van der Waals surface area contributed by atoms with Crippen molar-refractivity contribution in [2.45, 2.75) is 13.3 Å². The van der Waals surface area contributed by atoms with Crippen molar-refractivity contribution in [1.82, 2.24) is 10.2 Å². The number of aryl methyl sites for hydroxylation is 1. The summed E-state index contributed by atoms with van der Waals surface area (Å²) in [6, 6.07) is 15.1. The largest absolute Gasteiger partial charge is 0.453 e. The average molecular weight is 480 g/mol. The van der Waals surface area contributed by atoms with E-state index in [9.17, 15) is 0 Å². The van der Waals surface area contributed by atoms with Crippen LogP contribution < -0.4 is 4.74 Å². The van der Waals surface area contributed by atoms with E-state index in [0.29, 0.717) is 5.89 Å². The van der Waals surface area contributed by atoms with Gasteiger partial charge in [0.1, 0.15) is 5.75 Å². The fourth-order valence-electron chi connectivity index (χ4n) is 3.26. The van der Waals surface area contributed by atoms with Crippen molar-refractivity contribution in [1.29, 1.82) is 5.26 Å². The Morgan fingerprint density at radius 1 is 1.15 bits per heavy atom. The van der Waals surface area contributed by atoms with E-state index in [0.717, 1.165) is 16.7 Å². The zero-order chi connectivity index (χ0) is 23.5. The molecule has 0 amide bonds. The predicted octanol–water partition coefficient (Wildman–Crippen LogP) is 7.39. The third-order valence-corrected chi connectivity index (χ3v) is 5.39. The Morgan fingerprint density at radius 3 is 2.70 bits per heavy atom. The van der Waals surface area contributed by atoms with Crippen molar-refractivity contribution < 1.29 is 13.5 Å². The number of benzene rings is 3. The van der Waals surface area contributed by atoms with Gasteiger partial charge in [-0.25, -0.2) is 4.39 Å². The minimum atomic E-state index is -0.674. The Hall–Kier alpha value is -3.66. The zero-order valence-electron chi connectivity index (χ0n) is 17.4. The van der Waals surface area contributed by atoms with Gasteiger partial charge in [-0.15, -0.1) is 10.2 Å². The predicted molar refractivity (Wildman–Crippen MR) is 125 cm³/mol. The second-order valence-corrected chi connectivity index (χ2v) is 8.04. The van der Waals surface area contributed by atoms with Crippen molar-refractivity contribution in [2.24, 2.45) is 0 Å². The van der Waals surface area contributed by atoms with E-state index in [1.54, 1.807) is 6.08 Å². The highest BCUT2D eigenvalue weighted by Gasteiger charge is 2.19.